The van der Waals surface area contributed by atoms with Gasteiger partial charge in [-0.1, -0.05) is 44.2 Å². The molecule has 0 aromatic heterocycles. The summed E-state index contributed by atoms with van der Waals surface area (Å²) in [6.07, 6.45) is 5.65. The van der Waals surface area contributed by atoms with Crippen molar-refractivity contribution in [3.63, 3.8) is 0 Å². The average molecular weight is 257 g/mol. The van der Waals surface area contributed by atoms with Crippen LogP contribution in [0.3, 0.4) is 0 Å². The van der Waals surface area contributed by atoms with Crippen LogP contribution >= 0.6 is 0 Å². The van der Waals surface area contributed by atoms with E-state index in [-0.39, 0.29) is 0 Å². The smallest absolute Gasteiger partial charge is 0.00255 e. The Bertz CT molecular complexity index is 401. The van der Waals surface area contributed by atoms with Crippen LogP contribution in [0.1, 0.15) is 51.0 Å². The molecule has 19 heavy (non-hydrogen) atoms. The van der Waals surface area contributed by atoms with Gasteiger partial charge in [-0.25, -0.2) is 0 Å². The summed E-state index contributed by atoms with van der Waals surface area (Å²) < 4.78 is 0. The molecule has 1 nitrogen and oxygen atoms in total. The first-order valence-electron chi connectivity index (χ1n) is 7.95. The molecule has 3 atom stereocenters. The number of nitrogens with one attached hydrogen (secondary N) is 1. The number of rotatable bonds is 1. The average Bonchev–Trinajstić information content (AvgIpc) is 2.39. The highest BCUT2D eigenvalue weighted by Crippen LogP contribution is 2.53. The van der Waals surface area contributed by atoms with Crippen molar-refractivity contribution in [2.75, 3.05) is 13.1 Å². The van der Waals surface area contributed by atoms with Gasteiger partial charge in [0, 0.05) is 12.5 Å². The molecule has 104 valence electrons. The Morgan fingerprint density at radius 2 is 1.74 bits per heavy atom. The molecule has 1 aliphatic carbocycles. The third-order valence-corrected chi connectivity index (χ3v) is 5.40. The topological polar surface area (TPSA) is 12.0 Å². The first-order valence-corrected chi connectivity index (χ1v) is 7.95. The number of hydrogen-bond donors (Lipinski definition) is 1. The van der Waals surface area contributed by atoms with E-state index in [0.29, 0.717) is 11.3 Å². The maximum Gasteiger partial charge on any atom is 0.00255 e. The Labute approximate surface area is 117 Å². The molecule has 0 radical (unpaired) electrons. The lowest BCUT2D eigenvalue weighted by Crippen LogP contribution is -2.47. The number of hydrogen-bond acceptors (Lipinski definition) is 1. The Hall–Kier alpha value is -0.820. The monoisotopic (exact) mass is 257 g/mol. The highest BCUT2D eigenvalue weighted by Gasteiger charge is 2.45. The second-order valence-electron chi connectivity index (χ2n) is 7.13. The van der Waals surface area contributed by atoms with E-state index in [0.717, 1.165) is 11.8 Å². The molecule has 1 aromatic carbocycles. The molecule has 1 aliphatic heterocycles. The Morgan fingerprint density at radius 1 is 1.05 bits per heavy atom. The fourth-order valence-corrected chi connectivity index (χ4v) is 4.94. The molecule has 2 aliphatic rings. The van der Waals surface area contributed by atoms with Crippen LogP contribution in [-0.4, -0.2) is 13.1 Å². The molecular weight excluding hydrogens is 230 g/mol. The number of benzene rings is 1. The SMILES string of the molecule is CC1CC(C)CC2(CCNCC2c2ccccc2)C1. The minimum Gasteiger partial charge on any atom is -0.316 e. The van der Waals surface area contributed by atoms with Crippen LogP contribution in [-0.2, 0) is 0 Å². The van der Waals surface area contributed by atoms with Gasteiger partial charge in [0.15, 0.2) is 0 Å². The molecular formula is C18H27N. The third kappa shape index (κ3) is 2.58. The first-order chi connectivity index (χ1) is 9.20. The second kappa shape index (κ2) is 5.28. The van der Waals surface area contributed by atoms with E-state index in [2.05, 4.69) is 49.5 Å². The van der Waals surface area contributed by atoms with Crippen LogP contribution in [0, 0.1) is 17.3 Å². The standard InChI is InChI=1S/C18H27N/c1-14-10-15(2)12-18(11-14)8-9-19-13-17(18)16-6-4-3-5-7-16/h3-7,14-15,17,19H,8-13H2,1-2H3. The van der Waals surface area contributed by atoms with E-state index in [1.807, 2.05) is 0 Å². The zero-order valence-corrected chi connectivity index (χ0v) is 12.4. The van der Waals surface area contributed by atoms with Gasteiger partial charge in [0.2, 0.25) is 0 Å². The minimum atomic E-state index is 0.559. The lowest BCUT2D eigenvalue weighted by Gasteiger charge is -2.51. The molecule has 1 saturated heterocycles. The van der Waals surface area contributed by atoms with Crippen LogP contribution in [0.25, 0.3) is 0 Å². The summed E-state index contributed by atoms with van der Waals surface area (Å²) in [4.78, 5) is 0. The summed E-state index contributed by atoms with van der Waals surface area (Å²) in [6.45, 7) is 7.30. The van der Waals surface area contributed by atoms with E-state index in [9.17, 15) is 0 Å². The zero-order valence-electron chi connectivity index (χ0n) is 12.4. The normalized spacial score (nSPS) is 39.4. The van der Waals surface area contributed by atoms with Gasteiger partial charge in [0.1, 0.15) is 0 Å². The summed E-state index contributed by atoms with van der Waals surface area (Å²) >= 11 is 0. The molecule has 1 spiro atoms. The molecule has 1 heteroatoms. The predicted octanol–water partition coefficient (Wildman–Crippen LogP) is 4.21. The number of piperidine rings is 1. The summed E-state index contributed by atoms with van der Waals surface area (Å²) in [7, 11) is 0. The quantitative estimate of drug-likeness (QED) is 0.795. The zero-order chi connectivity index (χ0) is 13.3. The lowest BCUT2D eigenvalue weighted by atomic mass is 9.56. The predicted molar refractivity (Wildman–Crippen MR) is 81.3 cm³/mol. The maximum absolute atomic E-state index is 3.63. The van der Waals surface area contributed by atoms with E-state index in [1.54, 1.807) is 5.56 Å². The largest absolute Gasteiger partial charge is 0.316 e. The van der Waals surface area contributed by atoms with Gasteiger partial charge in [-0.3, -0.25) is 0 Å². The van der Waals surface area contributed by atoms with Gasteiger partial charge in [-0.2, -0.15) is 0 Å². The van der Waals surface area contributed by atoms with Crippen molar-refractivity contribution in [3.8, 4) is 0 Å². The highest BCUT2D eigenvalue weighted by molar-refractivity contribution is 5.24. The van der Waals surface area contributed by atoms with Crippen molar-refractivity contribution >= 4 is 0 Å². The Balaban J connectivity index is 1.92. The Morgan fingerprint density at radius 3 is 2.42 bits per heavy atom. The Kier molecular flexibility index (Phi) is 3.66. The van der Waals surface area contributed by atoms with Crippen molar-refractivity contribution < 1.29 is 0 Å². The molecule has 1 aromatic rings. The maximum atomic E-state index is 3.63. The van der Waals surface area contributed by atoms with Crippen LogP contribution in [0.2, 0.25) is 0 Å². The van der Waals surface area contributed by atoms with E-state index >= 15 is 0 Å². The van der Waals surface area contributed by atoms with E-state index < -0.39 is 0 Å². The van der Waals surface area contributed by atoms with Crippen molar-refractivity contribution in [1.82, 2.24) is 5.32 Å². The fraction of sp³-hybridized carbons (Fsp3) is 0.667. The fourth-order valence-electron chi connectivity index (χ4n) is 4.94. The van der Waals surface area contributed by atoms with Gasteiger partial charge in [0.25, 0.3) is 0 Å². The molecule has 3 unspecified atom stereocenters. The van der Waals surface area contributed by atoms with E-state index in [1.165, 1.54) is 38.8 Å². The molecule has 1 N–H and O–H groups in total. The molecule has 0 amide bonds. The molecule has 3 rings (SSSR count). The second-order valence-corrected chi connectivity index (χ2v) is 7.13. The lowest BCUT2D eigenvalue weighted by molar-refractivity contribution is 0.0472. The van der Waals surface area contributed by atoms with Crippen LogP contribution in [0.15, 0.2) is 30.3 Å². The van der Waals surface area contributed by atoms with Crippen molar-refractivity contribution in [3.05, 3.63) is 35.9 Å². The molecule has 0 bridgehead atoms. The molecule has 1 heterocycles. The van der Waals surface area contributed by atoms with Crippen molar-refractivity contribution in [2.24, 2.45) is 17.3 Å². The van der Waals surface area contributed by atoms with Gasteiger partial charge in [-0.05, 0) is 55.0 Å². The molecule has 1 saturated carbocycles. The summed E-state index contributed by atoms with van der Waals surface area (Å²) in [6, 6.07) is 11.2. The molecule has 2 fully saturated rings. The van der Waals surface area contributed by atoms with Gasteiger partial charge in [0.05, 0.1) is 0 Å². The van der Waals surface area contributed by atoms with Crippen LogP contribution < -0.4 is 5.32 Å². The summed E-state index contributed by atoms with van der Waals surface area (Å²) in [5.41, 5.74) is 2.11. The van der Waals surface area contributed by atoms with Crippen LogP contribution in [0.4, 0.5) is 0 Å². The first kappa shape index (κ1) is 13.2. The van der Waals surface area contributed by atoms with Crippen molar-refractivity contribution in [2.45, 2.75) is 45.4 Å². The summed E-state index contributed by atoms with van der Waals surface area (Å²) in [5, 5.41) is 3.63. The van der Waals surface area contributed by atoms with Gasteiger partial charge in [-0.15, -0.1) is 0 Å². The van der Waals surface area contributed by atoms with Gasteiger partial charge >= 0.3 is 0 Å². The highest BCUT2D eigenvalue weighted by atomic mass is 14.9. The van der Waals surface area contributed by atoms with E-state index in [4.69, 9.17) is 0 Å². The third-order valence-electron chi connectivity index (χ3n) is 5.40. The minimum absolute atomic E-state index is 0.559. The van der Waals surface area contributed by atoms with Crippen LogP contribution in [0.5, 0.6) is 0 Å². The summed E-state index contributed by atoms with van der Waals surface area (Å²) in [5.74, 6) is 2.51. The van der Waals surface area contributed by atoms with Gasteiger partial charge < -0.3 is 5.32 Å². The van der Waals surface area contributed by atoms with Crippen molar-refractivity contribution in [1.29, 1.82) is 0 Å².